The predicted octanol–water partition coefficient (Wildman–Crippen LogP) is 5.49. The topological polar surface area (TPSA) is 149 Å². The Balaban J connectivity index is 1.33. The highest BCUT2D eigenvalue weighted by Gasteiger charge is 2.39. The number of carbonyl (C=O) groups excluding carboxylic acids is 1. The van der Waals surface area contributed by atoms with Crippen molar-refractivity contribution in [2.24, 2.45) is 5.92 Å². The number of phenolic OH excluding ortho intramolecular Hbond substituents is 1. The Morgan fingerprint density at radius 2 is 1.61 bits per heavy atom. The zero-order valence-corrected chi connectivity index (χ0v) is 27.7. The third kappa shape index (κ3) is 9.53. The number of aliphatic hydroxyl groups is 2. The smallest absolute Gasteiger partial charge is 0.303 e. The number of carboxylic acid groups (broad SMARTS) is 1. The average molecular weight is 669 g/mol. The third-order valence-corrected chi connectivity index (χ3v) is 8.91. The second-order valence-electron chi connectivity index (χ2n) is 12.6. The Bertz CT molecular complexity index is 1690. The molecule has 0 bridgehead atoms. The number of amides is 1. The lowest BCUT2D eigenvalue weighted by molar-refractivity contribution is -0.276. The highest BCUT2D eigenvalue weighted by Crippen LogP contribution is 2.42. The number of nitrogens with one attached hydrogen (secondary N) is 1. The Labute approximate surface area is 286 Å². The van der Waals surface area contributed by atoms with Crippen molar-refractivity contribution in [3.63, 3.8) is 0 Å². The van der Waals surface area contributed by atoms with Crippen molar-refractivity contribution in [1.82, 2.24) is 10.2 Å². The molecule has 1 aliphatic heterocycles. The average Bonchev–Trinajstić information content (AvgIpc) is 3.11. The number of ether oxygens (including phenoxy) is 2. The van der Waals surface area contributed by atoms with Gasteiger partial charge in [-0.1, -0.05) is 91.9 Å². The van der Waals surface area contributed by atoms with Crippen LogP contribution in [0.1, 0.15) is 66.1 Å². The van der Waals surface area contributed by atoms with Crippen LogP contribution in [-0.4, -0.2) is 63.4 Å². The van der Waals surface area contributed by atoms with Gasteiger partial charge >= 0.3 is 5.97 Å². The molecule has 5 rings (SSSR count). The third-order valence-electron chi connectivity index (χ3n) is 8.91. The van der Waals surface area contributed by atoms with Gasteiger partial charge in [0.05, 0.1) is 31.3 Å². The Kier molecular flexibility index (Phi) is 12.2. The molecule has 0 aromatic heterocycles. The fraction of sp³-hybridized carbons (Fsp3) is 0.333. The highest BCUT2D eigenvalue weighted by atomic mass is 16.7. The molecule has 1 saturated heterocycles. The first-order chi connectivity index (χ1) is 23.6. The molecular weight excluding hydrogens is 624 g/mol. The van der Waals surface area contributed by atoms with Crippen LogP contribution in [0.15, 0.2) is 97.1 Å². The van der Waals surface area contributed by atoms with E-state index in [-0.39, 0.29) is 55.8 Å². The van der Waals surface area contributed by atoms with Crippen molar-refractivity contribution in [3.05, 3.63) is 125 Å². The number of phenols is 1. The normalized spacial score (nSPS) is 19.8. The van der Waals surface area contributed by atoms with Crippen LogP contribution < -0.4 is 5.32 Å². The number of aliphatic hydroxyl groups excluding tert-OH is 2. The SMILES string of the molecule is C[C@H]1[C@@H](CN(C)C[C@@H](O)c2cccc(O)c2)O[C@@H](c2ccc(-c3ccccc3CNC(=O)CCC(=O)O)cc2)O[C@H]1c1ccc(CO)cc1. The molecule has 0 radical (unpaired) electrons. The van der Waals surface area contributed by atoms with Crippen LogP contribution in [-0.2, 0) is 32.2 Å². The van der Waals surface area contributed by atoms with E-state index in [9.17, 15) is 24.9 Å². The molecule has 5 atom stereocenters. The molecular formula is C39H44N2O8. The van der Waals surface area contributed by atoms with E-state index < -0.39 is 18.4 Å². The van der Waals surface area contributed by atoms with E-state index in [4.69, 9.17) is 14.6 Å². The van der Waals surface area contributed by atoms with Gasteiger partial charge in [0.2, 0.25) is 5.91 Å². The van der Waals surface area contributed by atoms with E-state index in [0.717, 1.165) is 33.4 Å². The first kappa shape index (κ1) is 35.7. The van der Waals surface area contributed by atoms with Gasteiger partial charge in [0.15, 0.2) is 6.29 Å². The minimum absolute atomic E-state index is 0.0470. The van der Waals surface area contributed by atoms with Gasteiger partial charge in [0, 0.05) is 37.5 Å². The van der Waals surface area contributed by atoms with E-state index in [1.807, 2.05) is 84.7 Å². The minimum atomic E-state index is -1.01. The molecule has 0 aliphatic carbocycles. The van der Waals surface area contributed by atoms with Crippen LogP contribution in [0.2, 0.25) is 0 Å². The van der Waals surface area contributed by atoms with Gasteiger partial charge in [-0.05, 0) is 52.6 Å². The maximum atomic E-state index is 12.2. The molecule has 0 spiro atoms. The molecule has 0 saturated carbocycles. The number of nitrogens with zero attached hydrogens (tertiary/aromatic N) is 1. The number of benzene rings is 4. The number of hydrogen-bond donors (Lipinski definition) is 5. The van der Waals surface area contributed by atoms with E-state index >= 15 is 0 Å². The van der Waals surface area contributed by atoms with E-state index in [0.29, 0.717) is 18.7 Å². The highest BCUT2D eigenvalue weighted by molar-refractivity contribution is 5.80. The number of carbonyl (C=O) groups is 2. The Morgan fingerprint density at radius 1 is 0.898 bits per heavy atom. The fourth-order valence-corrected chi connectivity index (χ4v) is 6.12. The first-order valence-electron chi connectivity index (χ1n) is 16.4. The van der Waals surface area contributed by atoms with Crippen LogP contribution in [0.3, 0.4) is 0 Å². The number of rotatable bonds is 14. The molecule has 4 aromatic rings. The quantitative estimate of drug-likeness (QED) is 0.118. The zero-order valence-electron chi connectivity index (χ0n) is 27.7. The summed E-state index contributed by atoms with van der Waals surface area (Å²) in [6.45, 7) is 3.17. The van der Waals surface area contributed by atoms with Crippen LogP contribution in [0.4, 0.5) is 0 Å². The molecule has 0 unspecified atom stereocenters. The number of likely N-dealkylation sites (N-methyl/N-ethyl adjacent to an activating group) is 1. The van der Waals surface area contributed by atoms with Crippen molar-refractivity contribution in [2.75, 3.05) is 20.1 Å². The van der Waals surface area contributed by atoms with Crippen LogP contribution in [0.5, 0.6) is 5.75 Å². The van der Waals surface area contributed by atoms with Gasteiger partial charge in [-0.2, -0.15) is 0 Å². The maximum Gasteiger partial charge on any atom is 0.303 e. The summed E-state index contributed by atoms with van der Waals surface area (Å²) in [5.74, 6) is -1.27. The van der Waals surface area contributed by atoms with Crippen molar-refractivity contribution in [2.45, 2.75) is 57.5 Å². The predicted molar refractivity (Wildman–Crippen MR) is 184 cm³/mol. The van der Waals surface area contributed by atoms with Crippen LogP contribution >= 0.6 is 0 Å². The Morgan fingerprint density at radius 3 is 2.31 bits per heavy atom. The van der Waals surface area contributed by atoms with E-state index in [1.54, 1.807) is 24.3 Å². The summed E-state index contributed by atoms with van der Waals surface area (Å²) in [4.78, 5) is 25.0. The summed E-state index contributed by atoms with van der Waals surface area (Å²) >= 11 is 0. The molecule has 1 amide bonds. The van der Waals surface area contributed by atoms with Crippen molar-refractivity contribution in [1.29, 1.82) is 0 Å². The summed E-state index contributed by atoms with van der Waals surface area (Å²) in [5.41, 5.74) is 6.04. The molecule has 1 heterocycles. The van der Waals surface area contributed by atoms with Gasteiger partial charge < -0.3 is 40.1 Å². The molecule has 49 heavy (non-hydrogen) atoms. The van der Waals surface area contributed by atoms with Gasteiger partial charge in [0.25, 0.3) is 0 Å². The number of aliphatic carboxylic acids is 1. The van der Waals surface area contributed by atoms with Gasteiger partial charge in [0.1, 0.15) is 5.75 Å². The van der Waals surface area contributed by atoms with E-state index in [2.05, 4.69) is 12.2 Å². The molecule has 10 heteroatoms. The first-order valence-corrected chi connectivity index (χ1v) is 16.4. The van der Waals surface area contributed by atoms with Gasteiger partial charge in [-0.15, -0.1) is 0 Å². The summed E-state index contributed by atoms with van der Waals surface area (Å²) in [7, 11) is 1.93. The standard InChI is InChI=1S/C39H44N2O8/c1-25-35(23-41(2)22-34(44)30-7-5-8-32(43)20-30)48-39(49-38(25)28-12-10-26(24-42)11-13-28)29-16-14-27(15-17-29)33-9-4-3-6-31(33)21-40-36(45)18-19-37(46)47/h3-17,20,25,34-35,38-39,42-44H,18-19,21-24H2,1-2H3,(H,40,45)(H,46,47)/t25-,34+,35+,38+,39+/m0/s1. The van der Waals surface area contributed by atoms with Gasteiger partial charge in [-0.25, -0.2) is 0 Å². The lowest BCUT2D eigenvalue weighted by atomic mass is 9.90. The second kappa shape index (κ2) is 16.7. The molecule has 1 fully saturated rings. The van der Waals surface area contributed by atoms with Crippen molar-refractivity contribution >= 4 is 11.9 Å². The minimum Gasteiger partial charge on any atom is -0.508 e. The summed E-state index contributed by atoms with van der Waals surface area (Å²) in [5, 5.41) is 42.0. The van der Waals surface area contributed by atoms with Crippen LogP contribution in [0.25, 0.3) is 11.1 Å². The zero-order chi connectivity index (χ0) is 34.9. The molecule has 258 valence electrons. The van der Waals surface area contributed by atoms with Gasteiger partial charge in [-0.3, -0.25) is 9.59 Å². The maximum absolute atomic E-state index is 12.2. The second-order valence-corrected chi connectivity index (χ2v) is 12.6. The molecule has 5 N–H and O–H groups in total. The molecule has 4 aromatic carbocycles. The van der Waals surface area contributed by atoms with E-state index in [1.165, 1.54) is 0 Å². The summed E-state index contributed by atoms with van der Waals surface area (Å²) in [6.07, 6.45) is -2.32. The lowest BCUT2D eigenvalue weighted by Crippen LogP contribution is -2.44. The molecule has 10 nitrogen and oxygen atoms in total. The number of aromatic hydroxyl groups is 1. The molecule has 1 aliphatic rings. The number of carboxylic acids is 1. The monoisotopic (exact) mass is 668 g/mol. The number of hydrogen-bond acceptors (Lipinski definition) is 8. The van der Waals surface area contributed by atoms with Crippen molar-refractivity contribution in [3.8, 4) is 16.9 Å². The summed E-state index contributed by atoms with van der Waals surface area (Å²) < 4.78 is 13.2. The van der Waals surface area contributed by atoms with Crippen LogP contribution in [0, 0.1) is 5.92 Å². The lowest BCUT2D eigenvalue weighted by Gasteiger charge is -2.42. The summed E-state index contributed by atoms with van der Waals surface area (Å²) in [6, 6.07) is 30.0. The van der Waals surface area contributed by atoms with Crippen molar-refractivity contribution < 1.29 is 39.5 Å². The largest absolute Gasteiger partial charge is 0.508 e. The fourth-order valence-electron chi connectivity index (χ4n) is 6.12. The Hall–Kier alpha value is -4.58.